The van der Waals surface area contributed by atoms with Gasteiger partial charge in [-0.15, -0.1) is 0 Å². The van der Waals surface area contributed by atoms with Crippen molar-refractivity contribution in [3.63, 3.8) is 0 Å². The van der Waals surface area contributed by atoms with Crippen molar-refractivity contribution in [1.82, 2.24) is 0 Å². The Kier molecular flexibility index (Phi) is 4.20. The lowest BCUT2D eigenvalue weighted by atomic mass is 10.1. The van der Waals surface area contributed by atoms with Crippen molar-refractivity contribution in [2.45, 2.75) is 19.3 Å². The minimum atomic E-state index is -0.571. The summed E-state index contributed by atoms with van der Waals surface area (Å²) in [6.07, 6.45) is 2.72. The fourth-order valence-corrected chi connectivity index (χ4v) is 2.80. The Morgan fingerprint density at radius 2 is 1.95 bits per heavy atom. The molecule has 2 aromatic carbocycles. The molecule has 1 aliphatic carbocycles. The Hall–Kier alpha value is -2.20. The van der Waals surface area contributed by atoms with Gasteiger partial charge in [0.25, 0.3) is 0 Å². The number of halogens is 1. The normalized spacial score (nSPS) is 12.6. The Bertz CT molecular complexity index is 715. The topological polar surface area (TPSA) is 47.6 Å². The number of methoxy groups -OCH3 is 1. The highest BCUT2D eigenvalue weighted by molar-refractivity contribution is 6.31. The monoisotopic (exact) mass is 317 g/mol. The van der Waals surface area contributed by atoms with Crippen molar-refractivity contribution in [3.8, 4) is 11.5 Å². The van der Waals surface area contributed by atoms with E-state index in [1.807, 2.05) is 18.2 Å². The lowest BCUT2D eigenvalue weighted by molar-refractivity contribution is 0.215. The van der Waals surface area contributed by atoms with E-state index in [0.29, 0.717) is 22.2 Å². The van der Waals surface area contributed by atoms with Crippen molar-refractivity contribution in [3.05, 3.63) is 52.5 Å². The number of carbonyl (C=O) groups is 1. The van der Waals surface area contributed by atoms with Crippen molar-refractivity contribution >= 4 is 23.4 Å². The number of aryl methyl sites for hydroxylation is 2. The first-order chi connectivity index (χ1) is 10.7. The lowest BCUT2D eigenvalue weighted by Gasteiger charge is -2.11. The maximum atomic E-state index is 12.0. The molecule has 0 radical (unpaired) electrons. The Balaban J connectivity index is 1.71. The van der Waals surface area contributed by atoms with Crippen molar-refractivity contribution in [2.24, 2.45) is 0 Å². The number of anilines is 1. The van der Waals surface area contributed by atoms with E-state index < -0.39 is 6.09 Å². The van der Waals surface area contributed by atoms with Crippen LogP contribution >= 0.6 is 11.6 Å². The van der Waals surface area contributed by atoms with Crippen LogP contribution in [0.2, 0.25) is 5.02 Å². The first kappa shape index (κ1) is 14.7. The second-order valence-electron chi connectivity index (χ2n) is 5.14. The molecule has 0 bridgehead atoms. The molecule has 0 atom stereocenters. The molecule has 114 valence electrons. The zero-order valence-corrected chi connectivity index (χ0v) is 12.9. The smallest absolute Gasteiger partial charge is 0.417 e. The van der Waals surface area contributed by atoms with Gasteiger partial charge in [-0.2, -0.15) is 0 Å². The van der Waals surface area contributed by atoms with E-state index in [1.54, 1.807) is 18.2 Å². The van der Waals surface area contributed by atoms with Gasteiger partial charge in [0.1, 0.15) is 11.5 Å². The molecule has 0 fully saturated rings. The Morgan fingerprint density at radius 3 is 2.77 bits per heavy atom. The summed E-state index contributed by atoms with van der Waals surface area (Å²) in [6, 6.07) is 10.8. The summed E-state index contributed by atoms with van der Waals surface area (Å²) in [6.45, 7) is 0. The van der Waals surface area contributed by atoms with Gasteiger partial charge in [-0.05, 0) is 60.7 Å². The van der Waals surface area contributed by atoms with E-state index in [9.17, 15) is 4.79 Å². The molecule has 0 aromatic heterocycles. The highest BCUT2D eigenvalue weighted by Crippen LogP contribution is 2.29. The average Bonchev–Trinajstić information content (AvgIpc) is 2.95. The molecule has 0 spiro atoms. The number of amides is 1. The molecule has 0 heterocycles. The van der Waals surface area contributed by atoms with Gasteiger partial charge in [-0.3, -0.25) is 5.32 Å². The van der Waals surface area contributed by atoms with Crippen LogP contribution in [0.4, 0.5) is 10.5 Å². The maximum Gasteiger partial charge on any atom is 0.417 e. The van der Waals surface area contributed by atoms with Gasteiger partial charge >= 0.3 is 6.09 Å². The lowest BCUT2D eigenvalue weighted by Crippen LogP contribution is -2.17. The van der Waals surface area contributed by atoms with Crippen LogP contribution in [-0.4, -0.2) is 13.2 Å². The van der Waals surface area contributed by atoms with Gasteiger partial charge in [0, 0.05) is 5.02 Å². The zero-order valence-electron chi connectivity index (χ0n) is 12.2. The molecule has 0 saturated carbocycles. The van der Waals surface area contributed by atoms with Crippen molar-refractivity contribution < 1.29 is 14.3 Å². The van der Waals surface area contributed by atoms with E-state index in [2.05, 4.69) is 5.32 Å². The predicted molar refractivity (Wildman–Crippen MR) is 86.1 cm³/mol. The SMILES string of the molecule is COc1ccc(Cl)cc1NC(=O)Oc1ccc2c(c1)CCC2. The first-order valence-electron chi connectivity index (χ1n) is 7.10. The molecular formula is C17H16ClNO3. The predicted octanol–water partition coefficient (Wildman–Crippen LogP) is 4.45. The summed E-state index contributed by atoms with van der Waals surface area (Å²) in [5.74, 6) is 1.06. The van der Waals surface area contributed by atoms with Gasteiger partial charge in [-0.1, -0.05) is 17.7 Å². The van der Waals surface area contributed by atoms with Crippen molar-refractivity contribution in [2.75, 3.05) is 12.4 Å². The first-order valence-corrected chi connectivity index (χ1v) is 7.47. The maximum absolute atomic E-state index is 12.0. The number of ether oxygens (including phenoxy) is 2. The largest absolute Gasteiger partial charge is 0.495 e. The quantitative estimate of drug-likeness (QED) is 0.910. The van der Waals surface area contributed by atoms with E-state index in [-0.39, 0.29) is 0 Å². The summed E-state index contributed by atoms with van der Waals surface area (Å²) in [5.41, 5.74) is 3.07. The summed E-state index contributed by atoms with van der Waals surface area (Å²) >= 11 is 5.93. The van der Waals surface area contributed by atoms with Gasteiger partial charge in [0.2, 0.25) is 0 Å². The highest BCUT2D eigenvalue weighted by Gasteiger charge is 2.14. The third-order valence-corrected chi connectivity index (χ3v) is 3.91. The van der Waals surface area contributed by atoms with Crippen LogP contribution in [0, 0.1) is 0 Å². The molecule has 1 aliphatic rings. The molecule has 2 aromatic rings. The zero-order chi connectivity index (χ0) is 15.5. The fourth-order valence-electron chi connectivity index (χ4n) is 2.63. The summed E-state index contributed by atoms with van der Waals surface area (Å²) < 4.78 is 10.5. The number of nitrogens with one attached hydrogen (secondary N) is 1. The number of rotatable bonds is 3. The number of benzene rings is 2. The minimum absolute atomic E-state index is 0.473. The van der Waals surface area contributed by atoms with Crippen LogP contribution in [0.15, 0.2) is 36.4 Å². The van der Waals surface area contributed by atoms with Crippen LogP contribution in [0.1, 0.15) is 17.5 Å². The summed E-state index contributed by atoms with van der Waals surface area (Å²) in [5, 5.41) is 3.16. The van der Waals surface area contributed by atoms with E-state index in [1.165, 1.54) is 18.2 Å². The molecule has 1 N–H and O–H groups in total. The van der Waals surface area contributed by atoms with E-state index in [4.69, 9.17) is 21.1 Å². The molecule has 4 nitrogen and oxygen atoms in total. The molecular weight excluding hydrogens is 302 g/mol. The second kappa shape index (κ2) is 6.28. The fraction of sp³-hybridized carbons (Fsp3) is 0.235. The number of fused-ring (bicyclic) bond motifs is 1. The number of carbonyl (C=O) groups excluding carboxylic acids is 1. The molecule has 3 rings (SSSR count). The minimum Gasteiger partial charge on any atom is -0.495 e. The Morgan fingerprint density at radius 1 is 1.14 bits per heavy atom. The van der Waals surface area contributed by atoms with E-state index >= 15 is 0 Å². The van der Waals surface area contributed by atoms with Crippen molar-refractivity contribution in [1.29, 1.82) is 0 Å². The van der Waals surface area contributed by atoms with Crippen LogP contribution in [-0.2, 0) is 12.8 Å². The molecule has 22 heavy (non-hydrogen) atoms. The molecule has 1 amide bonds. The van der Waals surface area contributed by atoms with Crippen LogP contribution < -0.4 is 14.8 Å². The second-order valence-corrected chi connectivity index (χ2v) is 5.58. The van der Waals surface area contributed by atoms with Gasteiger partial charge in [0.15, 0.2) is 0 Å². The summed E-state index contributed by atoms with van der Waals surface area (Å²) in [4.78, 5) is 12.0. The highest BCUT2D eigenvalue weighted by atomic mass is 35.5. The molecule has 0 aliphatic heterocycles. The van der Waals surface area contributed by atoms with E-state index in [0.717, 1.165) is 19.3 Å². The van der Waals surface area contributed by atoms with Crippen LogP contribution in [0.5, 0.6) is 11.5 Å². The van der Waals surface area contributed by atoms with Crippen LogP contribution in [0.3, 0.4) is 0 Å². The molecule has 0 saturated heterocycles. The van der Waals surface area contributed by atoms with Crippen LogP contribution in [0.25, 0.3) is 0 Å². The summed E-state index contributed by atoms with van der Waals surface area (Å²) in [7, 11) is 1.53. The third-order valence-electron chi connectivity index (χ3n) is 3.68. The molecule has 5 heteroatoms. The standard InChI is InChI=1S/C17H16ClNO3/c1-21-16-8-6-13(18)10-15(16)19-17(20)22-14-7-5-11-3-2-4-12(11)9-14/h5-10H,2-4H2,1H3,(H,19,20). The van der Waals surface area contributed by atoms with Gasteiger partial charge in [0.05, 0.1) is 12.8 Å². The number of hydrogen-bond acceptors (Lipinski definition) is 3. The van der Waals surface area contributed by atoms with Gasteiger partial charge in [-0.25, -0.2) is 4.79 Å². The van der Waals surface area contributed by atoms with Gasteiger partial charge < -0.3 is 9.47 Å². The average molecular weight is 318 g/mol. The molecule has 0 unspecified atom stereocenters. The Labute approximate surface area is 134 Å². The number of hydrogen-bond donors (Lipinski definition) is 1. The third kappa shape index (κ3) is 3.17.